The zero-order chi connectivity index (χ0) is 45.2. The van der Waals surface area contributed by atoms with Gasteiger partial charge in [0.05, 0.1) is 16.7 Å². The molecule has 11 aromatic carbocycles. The Morgan fingerprint density at radius 2 is 0.500 bits per heavy atom. The summed E-state index contributed by atoms with van der Waals surface area (Å²) < 4.78 is 2.47. The average Bonchev–Trinajstić information content (AvgIpc) is 3.75. The Labute approximate surface area is 397 Å². The summed E-state index contributed by atoms with van der Waals surface area (Å²) in [5.41, 5.74) is 21.1. The van der Waals surface area contributed by atoms with E-state index in [0.29, 0.717) is 0 Å². The van der Waals surface area contributed by atoms with E-state index in [1.54, 1.807) is 0 Å². The SMILES string of the molecule is c1ccc(-c2ccc(N(c3ccc(-c4ccccc4)cc3)c3ccc(-c4ccc(-c5ccccc5-n5c6cc(-c7ccccc7)ccc6c6ccc(-c7ccccc7)cc65)cc4)cc3)cc2)cc1. The van der Waals surface area contributed by atoms with Crippen LogP contribution in [0.4, 0.5) is 17.1 Å². The lowest BCUT2D eigenvalue weighted by Crippen LogP contribution is -2.09. The minimum Gasteiger partial charge on any atom is -0.311 e. The maximum atomic E-state index is 2.47. The van der Waals surface area contributed by atoms with Gasteiger partial charge >= 0.3 is 0 Å². The molecular formula is C66H46N2. The molecule has 1 aromatic heterocycles. The molecule has 1 heterocycles. The first-order chi connectivity index (χ1) is 33.7. The number of fused-ring (bicyclic) bond motifs is 3. The summed E-state index contributed by atoms with van der Waals surface area (Å²) in [5, 5.41) is 2.47. The van der Waals surface area contributed by atoms with Crippen LogP contribution in [0.1, 0.15) is 0 Å². The fourth-order valence-corrected chi connectivity index (χ4v) is 9.77. The van der Waals surface area contributed by atoms with Crippen LogP contribution in [-0.4, -0.2) is 4.57 Å². The van der Waals surface area contributed by atoms with E-state index in [4.69, 9.17) is 0 Å². The van der Waals surface area contributed by atoms with Crippen LogP contribution in [0.25, 0.3) is 94.3 Å². The highest BCUT2D eigenvalue weighted by Crippen LogP contribution is 2.41. The van der Waals surface area contributed by atoms with Crippen LogP contribution in [0.3, 0.4) is 0 Å². The molecule has 0 aliphatic heterocycles. The lowest BCUT2D eigenvalue weighted by atomic mass is 9.98. The van der Waals surface area contributed by atoms with E-state index >= 15 is 0 Å². The molecule has 0 spiro atoms. The Bertz CT molecular complexity index is 3470. The summed E-state index contributed by atoms with van der Waals surface area (Å²) >= 11 is 0. The highest BCUT2D eigenvalue weighted by molar-refractivity contribution is 6.11. The van der Waals surface area contributed by atoms with Crippen LogP contribution in [0, 0.1) is 0 Å². The third-order valence-corrected chi connectivity index (χ3v) is 13.2. The number of aromatic nitrogens is 1. The van der Waals surface area contributed by atoms with Gasteiger partial charge in [-0.05, 0) is 116 Å². The van der Waals surface area contributed by atoms with Gasteiger partial charge in [-0.2, -0.15) is 0 Å². The summed E-state index contributed by atoms with van der Waals surface area (Å²) in [4.78, 5) is 2.34. The van der Waals surface area contributed by atoms with Crippen molar-refractivity contribution in [2.75, 3.05) is 4.90 Å². The average molecular weight is 867 g/mol. The Morgan fingerprint density at radius 3 is 0.882 bits per heavy atom. The molecule has 68 heavy (non-hydrogen) atoms. The van der Waals surface area contributed by atoms with Crippen LogP contribution in [0.2, 0.25) is 0 Å². The lowest BCUT2D eigenvalue weighted by molar-refractivity contribution is 1.18. The van der Waals surface area contributed by atoms with Crippen molar-refractivity contribution in [3.8, 4) is 72.4 Å². The first-order valence-corrected chi connectivity index (χ1v) is 23.3. The molecule has 0 saturated heterocycles. The fraction of sp³-hybridized carbons (Fsp3) is 0. The summed E-state index contributed by atoms with van der Waals surface area (Å²) in [6, 6.07) is 101. The normalized spacial score (nSPS) is 11.2. The van der Waals surface area contributed by atoms with Crippen molar-refractivity contribution in [2.45, 2.75) is 0 Å². The van der Waals surface area contributed by atoms with Gasteiger partial charge in [0.2, 0.25) is 0 Å². The molecule has 12 aromatic rings. The van der Waals surface area contributed by atoms with Crippen molar-refractivity contribution in [3.05, 3.63) is 279 Å². The van der Waals surface area contributed by atoms with E-state index in [-0.39, 0.29) is 0 Å². The van der Waals surface area contributed by atoms with Crippen LogP contribution in [-0.2, 0) is 0 Å². The molecule has 0 radical (unpaired) electrons. The molecule has 0 aliphatic rings. The molecule has 2 nitrogen and oxygen atoms in total. The number of rotatable bonds is 10. The van der Waals surface area contributed by atoms with E-state index in [9.17, 15) is 0 Å². The lowest BCUT2D eigenvalue weighted by Gasteiger charge is -2.26. The summed E-state index contributed by atoms with van der Waals surface area (Å²) in [7, 11) is 0. The standard InChI is InChI=1S/C66H46N2/c1-5-15-47(16-6-1)52-29-37-58(38-30-52)67(59-39-31-53(32-40-59)48-17-7-2-8-18-48)60-41-33-54(34-42-60)51-25-27-55(28-26-51)61-23-13-14-24-64(61)68-65-45-56(49-19-9-3-10-20-49)35-43-62(65)63-44-36-57(46-66(63)68)50-21-11-4-12-22-50/h1-46H. The Kier molecular flexibility index (Phi) is 10.6. The minimum atomic E-state index is 1.09. The number of para-hydroxylation sites is 1. The molecular weight excluding hydrogens is 821 g/mol. The molecule has 12 rings (SSSR count). The van der Waals surface area contributed by atoms with Gasteiger partial charge in [-0.3, -0.25) is 0 Å². The molecule has 2 heteroatoms. The third-order valence-electron chi connectivity index (χ3n) is 13.2. The summed E-state index contributed by atoms with van der Waals surface area (Å²) in [6.45, 7) is 0. The third kappa shape index (κ3) is 7.74. The molecule has 0 saturated carbocycles. The molecule has 0 amide bonds. The monoisotopic (exact) mass is 866 g/mol. The molecule has 0 atom stereocenters. The van der Waals surface area contributed by atoms with Crippen LogP contribution in [0.15, 0.2) is 279 Å². The zero-order valence-electron chi connectivity index (χ0n) is 37.5. The Balaban J connectivity index is 0.901. The second kappa shape index (κ2) is 17.8. The minimum absolute atomic E-state index is 1.09. The second-order valence-electron chi connectivity index (χ2n) is 17.3. The second-order valence-corrected chi connectivity index (χ2v) is 17.3. The van der Waals surface area contributed by atoms with Gasteiger partial charge in [-0.25, -0.2) is 0 Å². The first kappa shape index (κ1) is 40.5. The molecule has 0 aliphatic carbocycles. The van der Waals surface area contributed by atoms with Crippen molar-refractivity contribution in [3.63, 3.8) is 0 Å². The fourth-order valence-electron chi connectivity index (χ4n) is 9.77. The van der Waals surface area contributed by atoms with Gasteiger partial charge in [0.25, 0.3) is 0 Å². The molecule has 320 valence electrons. The molecule has 0 unspecified atom stereocenters. The number of benzene rings is 11. The molecule has 0 N–H and O–H groups in total. The smallest absolute Gasteiger partial charge is 0.0547 e. The van der Waals surface area contributed by atoms with Crippen LogP contribution < -0.4 is 4.90 Å². The number of nitrogens with zero attached hydrogens (tertiary/aromatic N) is 2. The number of hydrogen-bond acceptors (Lipinski definition) is 1. The number of hydrogen-bond donors (Lipinski definition) is 0. The predicted molar refractivity (Wildman–Crippen MR) is 288 cm³/mol. The van der Waals surface area contributed by atoms with Gasteiger partial charge < -0.3 is 9.47 Å². The van der Waals surface area contributed by atoms with Crippen molar-refractivity contribution in [1.29, 1.82) is 0 Å². The zero-order valence-corrected chi connectivity index (χ0v) is 37.5. The Morgan fingerprint density at radius 1 is 0.221 bits per heavy atom. The maximum absolute atomic E-state index is 2.47. The first-order valence-electron chi connectivity index (χ1n) is 23.3. The van der Waals surface area contributed by atoms with Gasteiger partial charge in [0, 0.05) is 33.4 Å². The molecule has 0 bridgehead atoms. The van der Waals surface area contributed by atoms with Crippen molar-refractivity contribution >= 4 is 38.9 Å². The number of anilines is 3. The van der Waals surface area contributed by atoms with Crippen molar-refractivity contribution < 1.29 is 0 Å². The van der Waals surface area contributed by atoms with Crippen molar-refractivity contribution in [1.82, 2.24) is 4.57 Å². The van der Waals surface area contributed by atoms with Gasteiger partial charge in [-0.1, -0.05) is 224 Å². The van der Waals surface area contributed by atoms with E-state index in [2.05, 4.69) is 289 Å². The topological polar surface area (TPSA) is 8.17 Å². The van der Waals surface area contributed by atoms with E-state index in [1.165, 1.54) is 83.0 Å². The quantitative estimate of drug-likeness (QED) is 0.133. The van der Waals surface area contributed by atoms with E-state index in [0.717, 1.165) is 28.3 Å². The summed E-state index contributed by atoms with van der Waals surface area (Å²) in [5.74, 6) is 0. The van der Waals surface area contributed by atoms with E-state index < -0.39 is 0 Å². The highest BCUT2D eigenvalue weighted by Gasteiger charge is 2.19. The van der Waals surface area contributed by atoms with Crippen LogP contribution >= 0.6 is 0 Å². The van der Waals surface area contributed by atoms with E-state index in [1.807, 2.05) is 0 Å². The van der Waals surface area contributed by atoms with Crippen molar-refractivity contribution in [2.24, 2.45) is 0 Å². The highest BCUT2D eigenvalue weighted by atomic mass is 15.1. The summed E-state index contributed by atoms with van der Waals surface area (Å²) in [6.07, 6.45) is 0. The van der Waals surface area contributed by atoms with Gasteiger partial charge in [-0.15, -0.1) is 0 Å². The predicted octanol–water partition coefficient (Wildman–Crippen LogP) is 18.3. The largest absolute Gasteiger partial charge is 0.311 e. The van der Waals surface area contributed by atoms with Gasteiger partial charge in [0.1, 0.15) is 0 Å². The molecule has 0 fully saturated rings. The Hall–Kier alpha value is -8.98. The van der Waals surface area contributed by atoms with Gasteiger partial charge in [0.15, 0.2) is 0 Å². The maximum Gasteiger partial charge on any atom is 0.0547 e. The van der Waals surface area contributed by atoms with Crippen LogP contribution in [0.5, 0.6) is 0 Å².